The van der Waals surface area contributed by atoms with Gasteiger partial charge in [-0.05, 0) is 17.7 Å². The first-order valence-electron chi connectivity index (χ1n) is 9.37. The number of piperazine rings is 1. The molecule has 0 aromatic heterocycles. The first-order chi connectivity index (χ1) is 12.5. The Morgan fingerprint density at radius 3 is 2.38 bits per heavy atom. The van der Waals surface area contributed by atoms with Crippen LogP contribution in [0.4, 0.5) is 5.69 Å². The van der Waals surface area contributed by atoms with E-state index in [1.165, 1.54) is 5.69 Å². The Kier molecular flexibility index (Phi) is 5.78. The minimum atomic E-state index is -0.691. The largest absolute Gasteiger partial charge is 0.477 e. The zero-order valence-corrected chi connectivity index (χ0v) is 15.5. The number of piperidine rings is 1. The van der Waals surface area contributed by atoms with Crippen LogP contribution in [0.2, 0.25) is 0 Å². The molecule has 0 saturated carbocycles. The van der Waals surface area contributed by atoms with E-state index in [4.69, 9.17) is 10.9 Å². The van der Waals surface area contributed by atoms with Gasteiger partial charge in [-0.25, -0.2) is 4.79 Å². The highest BCUT2D eigenvalue weighted by atomic mass is 16.4. The number of anilines is 1. The molecule has 142 valence electrons. The van der Waals surface area contributed by atoms with Gasteiger partial charge in [-0.15, -0.1) is 0 Å². The number of likely N-dealkylation sites (N-methyl/N-ethyl adjacent to an activating group) is 1. The normalized spacial score (nSPS) is 27.7. The molecule has 7 heteroatoms. The molecule has 7 nitrogen and oxygen atoms in total. The number of quaternary nitrogens is 1. The Hall–Kier alpha value is -2.12. The van der Waals surface area contributed by atoms with E-state index in [0.717, 1.165) is 57.7 Å². The lowest BCUT2D eigenvalue weighted by molar-refractivity contribution is -0.907. The van der Waals surface area contributed by atoms with Crippen LogP contribution in [0.5, 0.6) is 0 Å². The molecule has 3 rings (SSSR count). The molecule has 1 aromatic rings. The van der Waals surface area contributed by atoms with Gasteiger partial charge in [0.1, 0.15) is 0 Å². The van der Waals surface area contributed by atoms with Crippen LogP contribution < -0.4 is 10.7 Å². The smallest absolute Gasteiger partial charge is 0.359 e. The van der Waals surface area contributed by atoms with E-state index >= 15 is 0 Å². The summed E-state index contributed by atoms with van der Waals surface area (Å²) in [5, 5.41) is 12.6. The molecule has 2 aliphatic heterocycles. The number of carbonyl (C=O) groups is 1. The number of carboxylic acids is 1. The molecule has 0 radical (unpaired) electrons. The molecule has 2 aliphatic rings. The van der Waals surface area contributed by atoms with Crippen LogP contribution in [0.15, 0.2) is 29.4 Å². The number of benzene rings is 1. The number of hydrogen-bond donors (Lipinski definition) is 2. The van der Waals surface area contributed by atoms with E-state index in [1.807, 2.05) is 12.1 Å². The van der Waals surface area contributed by atoms with Gasteiger partial charge >= 0.3 is 5.97 Å². The number of carboxylic acid groups (broad SMARTS) is 1. The predicted octanol–water partition coefficient (Wildman–Crippen LogP) is 0.795. The monoisotopic (exact) mass is 360 g/mol. The molecule has 2 fully saturated rings. The second-order valence-electron chi connectivity index (χ2n) is 7.74. The third-order valence-electron chi connectivity index (χ3n) is 5.83. The lowest BCUT2D eigenvalue weighted by Gasteiger charge is -2.45. The van der Waals surface area contributed by atoms with Gasteiger partial charge in [0.2, 0.25) is 0 Å². The van der Waals surface area contributed by atoms with Gasteiger partial charge in [0.05, 0.1) is 26.4 Å². The number of rotatable bonds is 5. The Morgan fingerprint density at radius 2 is 1.85 bits per heavy atom. The SMILES string of the molecule is C[N+]1(CC(=O)O)CCC(N2CCN(c3ccc(/C=N/N)cc3)CC2)CC1. The quantitative estimate of drug-likeness (QED) is 0.351. The highest BCUT2D eigenvalue weighted by Gasteiger charge is 2.35. The molecular formula is C19H30N5O2+. The number of nitrogens with zero attached hydrogens (tertiary/aromatic N) is 4. The molecule has 0 atom stereocenters. The summed E-state index contributed by atoms with van der Waals surface area (Å²) in [7, 11) is 2.07. The fourth-order valence-corrected chi connectivity index (χ4v) is 4.23. The number of nitrogens with two attached hydrogens (primary N) is 1. The number of aliphatic carboxylic acids is 1. The van der Waals surface area contributed by atoms with Crippen LogP contribution in [-0.4, -0.2) is 85.6 Å². The lowest BCUT2D eigenvalue weighted by Crippen LogP contribution is -2.58. The van der Waals surface area contributed by atoms with Crippen LogP contribution in [0, 0.1) is 0 Å². The predicted molar refractivity (Wildman–Crippen MR) is 103 cm³/mol. The lowest BCUT2D eigenvalue weighted by atomic mass is 10.00. The fraction of sp³-hybridized carbons (Fsp3) is 0.579. The van der Waals surface area contributed by atoms with Crippen molar-refractivity contribution in [1.29, 1.82) is 0 Å². The standard InChI is InChI=1S/C19H29N5O2/c1-24(15-19(25)26)12-6-18(7-13-24)23-10-8-22(9-11-23)17-4-2-16(3-5-17)14-21-20/h2-5,14,18H,6-13,15,20H2,1H3/p+1/b21-14+. The van der Waals surface area contributed by atoms with Crippen LogP contribution in [-0.2, 0) is 4.79 Å². The molecular weight excluding hydrogens is 330 g/mol. The zero-order valence-electron chi connectivity index (χ0n) is 15.5. The maximum Gasteiger partial charge on any atom is 0.359 e. The first kappa shape index (κ1) is 18.7. The Labute approximate surface area is 155 Å². The summed E-state index contributed by atoms with van der Waals surface area (Å²) in [5.74, 6) is 4.50. The van der Waals surface area contributed by atoms with Gasteiger partial charge in [-0.3, -0.25) is 4.90 Å². The van der Waals surface area contributed by atoms with E-state index in [-0.39, 0.29) is 6.54 Å². The van der Waals surface area contributed by atoms with Gasteiger partial charge < -0.3 is 20.3 Å². The summed E-state index contributed by atoms with van der Waals surface area (Å²) >= 11 is 0. The van der Waals surface area contributed by atoms with Gasteiger partial charge in [0.15, 0.2) is 6.54 Å². The van der Waals surface area contributed by atoms with Gasteiger partial charge in [0, 0.05) is 50.7 Å². The summed E-state index contributed by atoms with van der Waals surface area (Å²) < 4.78 is 0.671. The zero-order chi connectivity index (χ0) is 18.6. The van der Waals surface area contributed by atoms with Crippen LogP contribution in [0.3, 0.4) is 0 Å². The fourth-order valence-electron chi connectivity index (χ4n) is 4.23. The number of likely N-dealkylation sites (tertiary alicyclic amines) is 1. The Bertz CT molecular complexity index is 630. The van der Waals surface area contributed by atoms with Gasteiger partial charge in [-0.2, -0.15) is 5.10 Å². The van der Waals surface area contributed by atoms with Crippen LogP contribution in [0.1, 0.15) is 18.4 Å². The van der Waals surface area contributed by atoms with Crippen molar-refractivity contribution < 1.29 is 14.4 Å². The molecule has 0 bridgehead atoms. The van der Waals surface area contributed by atoms with Crippen molar-refractivity contribution in [2.75, 3.05) is 57.8 Å². The maximum absolute atomic E-state index is 11.0. The molecule has 2 heterocycles. The number of hydrazone groups is 1. The molecule has 0 spiro atoms. The summed E-state index contributed by atoms with van der Waals surface area (Å²) in [4.78, 5) is 16.1. The van der Waals surface area contributed by atoms with Crippen LogP contribution in [0.25, 0.3) is 0 Å². The summed E-state index contributed by atoms with van der Waals surface area (Å²) in [5.41, 5.74) is 2.26. The molecule has 0 unspecified atom stereocenters. The molecule has 0 aliphatic carbocycles. The van der Waals surface area contributed by atoms with E-state index in [0.29, 0.717) is 10.5 Å². The van der Waals surface area contributed by atoms with E-state index < -0.39 is 5.97 Å². The second-order valence-corrected chi connectivity index (χ2v) is 7.74. The van der Waals surface area contributed by atoms with Crippen molar-refractivity contribution in [2.45, 2.75) is 18.9 Å². The van der Waals surface area contributed by atoms with E-state index in [2.05, 4.69) is 34.1 Å². The molecule has 2 saturated heterocycles. The van der Waals surface area contributed by atoms with Gasteiger partial charge in [0.25, 0.3) is 0 Å². The van der Waals surface area contributed by atoms with Crippen LogP contribution >= 0.6 is 0 Å². The molecule has 3 N–H and O–H groups in total. The van der Waals surface area contributed by atoms with Crippen molar-refractivity contribution in [3.8, 4) is 0 Å². The third-order valence-corrected chi connectivity index (χ3v) is 5.83. The molecule has 0 amide bonds. The summed E-state index contributed by atoms with van der Waals surface area (Å²) in [6.07, 6.45) is 3.84. The van der Waals surface area contributed by atoms with Crippen molar-refractivity contribution in [1.82, 2.24) is 4.90 Å². The van der Waals surface area contributed by atoms with E-state index in [9.17, 15) is 4.79 Å². The van der Waals surface area contributed by atoms with Crippen molar-refractivity contribution in [3.05, 3.63) is 29.8 Å². The average molecular weight is 360 g/mol. The summed E-state index contributed by atoms with van der Waals surface area (Å²) in [6.45, 7) is 6.36. The van der Waals surface area contributed by atoms with Crippen molar-refractivity contribution >= 4 is 17.9 Å². The highest BCUT2D eigenvalue weighted by Crippen LogP contribution is 2.24. The minimum absolute atomic E-state index is 0.241. The number of hydrogen-bond acceptors (Lipinski definition) is 5. The third kappa shape index (κ3) is 4.53. The first-order valence-corrected chi connectivity index (χ1v) is 9.37. The Balaban J connectivity index is 1.49. The topological polar surface area (TPSA) is 82.2 Å². The highest BCUT2D eigenvalue weighted by molar-refractivity contribution is 5.80. The second kappa shape index (κ2) is 8.05. The van der Waals surface area contributed by atoms with E-state index in [1.54, 1.807) is 6.21 Å². The Morgan fingerprint density at radius 1 is 1.23 bits per heavy atom. The van der Waals surface area contributed by atoms with Gasteiger partial charge in [-0.1, -0.05) is 12.1 Å². The minimum Gasteiger partial charge on any atom is -0.477 e. The maximum atomic E-state index is 11.0. The molecule has 1 aromatic carbocycles. The van der Waals surface area contributed by atoms with Crippen molar-refractivity contribution in [2.24, 2.45) is 10.9 Å². The average Bonchev–Trinajstić information content (AvgIpc) is 2.63. The molecule has 26 heavy (non-hydrogen) atoms. The summed E-state index contributed by atoms with van der Waals surface area (Å²) in [6, 6.07) is 8.94. The van der Waals surface area contributed by atoms with Crippen molar-refractivity contribution in [3.63, 3.8) is 0 Å².